The third-order valence-electron chi connectivity index (χ3n) is 1.79. The summed E-state index contributed by atoms with van der Waals surface area (Å²) in [5.74, 6) is -10.8. The molecule has 0 unspecified atom stereocenters. The smallest absolute Gasteiger partial charge is 0.296 e. The van der Waals surface area contributed by atoms with Gasteiger partial charge in [-0.25, -0.2) is 22.0 Å². The molecular weight excluding hydrogens is 257 g/mol. The predicted octanol–water partition coefficient (Wildman–Crippen LogP) is 3.18. The van der Waals surface area contributed by atoms with E-state index in [-0.39, 0.29) is 4.90 Å². The normalized spacial score (nSPS) is 10.4. The zero-order valence-electron chi connectivity index (χ0n) is 7.62. The molecule has 0 saturated heterocycles. The van der Waals surface area contributed by atoms with Crippen LogP contribution in [0.1, 0.15) is 0 Å². The topological polar surface area (TPSA) is 20.3 Å². The first-order valence-corrected chi connectivity index (χ1v) is 4.11. The van der Waals surface area contributed by atoms with Crippen molar-refractivity contribution < 1.29 is 26.7 Å². The van der Waals surface area contributed by atoms with E-state index in [1.807, 2.05) is 0 Å². The van der Waals surface area contributed by atoms with Gasteiger partial charge in [0.15, 0.2) is 23.3 Å². The van der Waals surface area contributed by atoms with E-state index in [1.54, 1.807) is 0 Å². The van der Waals surface area contributed by atoms with E-state index >= 15 is 0 Å². The molecule has 0 atom stereocenters. The average molecular weight is 260 g/mol. The highest BCUT2D eigenvalue weighted by Crippen LogP contribution is 2.29. The number of benzene rings is 1. The highest BCUT2D eigenvalue weighted by Gasteiger charge is 2.29. The Morgan fingerprint density at radius 1 is 0.938 bits per heavy atom. The number of carbonyl (C=O) groups is 1. The molecule has 1 amide bonds. The lowest BCUT2D eigenvalue weighted by molar-refractivity contribution is 0.264. The predicted molar refractivity (Wildman–Crippen MR) is 45.9 cm³/mol. The largest absolute Gasteiger partial charge is 0.320 e. The van der Waals surface area contributed by atoms with Crippen LogP contribution >= 0.6 is 11.6 Å². The van der Waals surface area contributed by atoms with E-state index in [0.717, 1.165) is 7.05 Å². The van der Waals surface area contributed by atoms with Gasteiger partial charge < -0.3 is 0 Å². The van der Waals surface area contributed by atoms with Crippen molar-refractivity contribution in [3.05, 3.63) is 29.1 Å². The second-order valence-electron chi connectivity index (χ2n) is 2.73. The Morgan fingerprint density at radius 3 is 1.56 bits per heavy atom. The molecule has 1 aromatic rings. The lowest BCUT2D eigenvalue weighted by Gasteiger charge is -2.16. The summed E-state index contributed by atoms with van der Waals surface area (Å²) in [6.45, 7) is 0. The van der Waals surface area contributed by atoms with Crippen LogP contribution in [0.3, 0.4) is 0 Å². The number of hydrogen-bond donors (Lipinski definition) is 0. The highest BCUT2D eigenvalue weighted by atomic mass is 35.5. The molecule has 0 aromatic heterocycles. The summed E-state index contributed by atoms with van der Waals surface area (Å²) in [6, 6.07) is 0. The molecule has 0 aliphatic rings. The summed E-state index contributed by atoms with van der Waals surface area (Å²) in [7, 11) is 0.771. The summed E-state index contributed by atoms with van der Waals surface area (Å²) in [6.07, 6.45) is 0. The van der Waals surface area contributed by atoms with Crippen LogP contribution in [-0.2, 0) is 0 Å². The van der Waals surface area contributed by atoms with Crippen molar-refractivity contribution in [3.63, 3.8) is 0 Å². The maximum atomic E-state index is 13.0. The standard InChI is InChI=1S/C8H3ClF5NO/c1-15(8(9)16)7-5(13)3(11)2(10)4(12)6(7)14/h1H3. The third-order valence-corrected chi connectivity index (χ3v) is 2.04. The summed E-state index contributed by atoms with van der Waals surface area (Å²) >= 11 is 4.87. The molecule has 0 heterocycles. The van der Waals surface area contributed by atoms with E-state index in [1.165, 1.54) is 0 Å². The molecule has 8 heteroatoms. The van der Waals surface area contributed by atoms with E-state index in [9.17, 15) is 26.7 Å². The van der Waals surface area contributed by atoms with Crippen LogP contribution in [0.4, 0.5) is 32.4 Å². The van der Waals surface area contributed by atoms with Crippen molar-refractivity contribution in [1.29, 1.82) is 0 Å². The lowest BCUT2D eigenvalue weighted by Crippen LogP contribution is -2.24. The minimum atomic E-state index is -2.30. The van der Waals surface area contributed by atoms with Gasteiger partial charge in [0.2, 0.25) is 5.82 Å². The Labute approximate surface area is 91.2 Å². The summed E-state index contributed by atoms with van der Waals surface area (Å²) in [5, 5.41) is -1.39. The molecule has 1 rings (SSSR count). The number of amides is 1. The number of carbonyl (C=O) groups excluding carboxylic acids is 1. The van der Waals surface area contributed by atoms with Crippen molar-refractivity contribution in [1.82, 2.24) is 0 Å². The molecular formula is C8H3ClF5NO. The first-order chi connectivity index (χ1) is 7.29. The van der Waals surface area contributed by atoms with Gasteiger partial charge in [-0.15, -0.1) is 0 Å². The maximum absolute atomic E-state index is 13.0. The van der Waals surface area contributed by atoms with Gasteiger partial charge in [-0.2, -0.15) is 0 Å². The lowest BCUT2D eigenvalue weighted by atomic mass is 10.2. The van der Waals surface area contributed by atoms with Gasteiger partial charge in [-0.05, 0) is 11.6 Å². The average Bonchev–Trinajstić information content (AvgIpc) is 2.23. The Balaban J connectivity index is 3.57. The fourth-order valence-corrected chi connectivity index (χ4v) is 1.06. The van der Waals surface area contributed by atoms with Gasteiger partial charge >= 0.3 is 5.37 Å². The minimum absolute atomic E-state index is 0.109. The molecule has 88 valence electrons. The fourth-order valence-electron chi connectivity index (χ4n) is 0.976. The number of anilines is 1. The monoisotopic (exact) mass is 259 g/mol. The van der Waals surface area contributed by atoms with Crippen LogP contribution in [0.5, 0.6) is 0 Å². The van der Waals surface area contributed by atoms with Gasteiger partial charge in [0.1, 0.15) is 5.69 Å². The van der Waals surface area contributed by atoms with Crippen molar-refractivity contribution >= 4 is 22.7 Å². The van der Waals surface area contributed by atoms with Crippen LogP contribution in [0.2, 0.25) is 0 Å². The Hall–Kier alpha value is -1.37. The van der Waals surface area contributed by atoms with Crippen LogP contribution in [0, 0.1) is 29.1 Å². The van der Waals surface area contributed by atoms with Gasteiger partial charge in [0.25, 0.3) is 0 Å². The zero-order chi connectivity index (χ0) is 12.6. The summed E-state index contributed by atoms with van der Waals surface area (Å²) < 4.78 is 64.0. The molecule has 0 aliphatic heterocycles. The molecule has 0 bridgehead atoms. The van der Waals surface area contributed by atoms with E-state index in [2.05, 4.69) is 0 Å². The van der Waals surface area contributed by atoms with Crippen molar-refractivity contribution in [2.45, 2.75) is 0 Å². The molecule has 0 saturated carbocycles. The van der Waals surface area contributed by atoms with Crippen LogP contribution in [-0.4, -0.2) is 12.4 Å². The molecule has 0 aliphatic carbocycles. The number of hydrogen-bond acceptors (Lipinski definition) is 1. The van der Waals surface area contributed by atoms with E-state index in [4.69, 9.17) is 11.6 Å². The Bertz CT molecular complexity index is 435. The van der Waals surface area contributed by atoms with E-state index in [0.29, 0.717) is 0 Å². The Morgan fingerprint density at radius 2 is 1.25 bits per heavy atom. The van der Waals surface area contributed by atoms with Crippen LogP contribution in [0.15, 0.2) is 0 Å². The van der Waals surface area contributed by atoms with Gasteiger partial charge in [0.05, 0.1) is 0 Å². The van der Waals surface area contributed by atoms with Crippen molar-refractivity contribution in [3.8, 4) is 0 Å². The number of rotatable bonds is 1. The maximum Gasteiger partial charge on any atom is 0.320 e. The molecule has 2 nitrogen and oxygen atoms in total. The second kappa shape index (κ2) is 4.25. The Kier molecular flexibility index (Phi) is 3.37. The van der Waals surface area contributed by atoms with Crippen molar-refractivity contribution in [2.75, 3.05) is 11.9 Å². The summed E-state index contributed by atoms with van der Waals surface area (Å²) in [5.41, 5.74) is -1.39. The highest BCUT2D eigenvalue weighted by molar-refractivity contribution is 6.66. The van der Waals surface area contributed by atoms with Gasteiger partial charge in [0, 0.05) is 7.05 Å². The SMILES string of the molecule is CN(C(=O)Cl)c1c(F)c(F)c(F)c(F)c1F. The quantitative estimate of drug-likeness (QED) is 0.249. The van der Waals surface area contributed by atoms with Crippen LogP contribution in [0.25, 0.3) is 0 Å². The fraction of sp³-hybridized carbons (Fsp3) is 0.125. The van der Waals surface area contributed by atoms with Gasteiger partial charge in [-0.3, -0.25) is 9.69 Å². The first-order valence-electron chi connectivity index (χ1n) is 3.73. The summed E-state index contributed by atoms with van der Waals surface area (Å²) in [4.78, 5) is 10.7. The first kappa shape index (κ1) is 12.7. The number of nitrogens with zero attached hydrogens (tertiary/aromatic N) is 1. The molecule has 0 fully saturated rings. The number of halogens is 6. The van der Waals surface area contributed by atoms with Crippen LogP contribution < -0.4 is 4.90 Å². The molecule has 0 spiro atoms. The molecule has 0 N–H and O–H groups in total. The molecule has 0 radical (unpaired) electrons. The van der Waals surface area contributed by atoms with Crippen molar-refractivity contribution in [2.24, 2.45) is 0 Å². The molecule has 1 aromatic carbocycles. The second-order valence-corrected chi connectivity index (χ2v) is 3.05. The third kappa shape index (κ3) is 1.82. The van der Waals surface area contributed by atoms with Gasteiger partial charge in [-0.1, -0.05) is 0 Å². The minimum Gasteiger partial charge on any atom is -0.296 e. The van der Waals surface area contributed by atoms with E-state index < -0.39 is 40.1 Å². The zero-order valence-corrected chi connectivity index (χ0v) is 8.38. The molecule has 16 heavy (non-hydrogen) atoms.